The summed E-state index contributed by atoms with van der Waals surface area (Å²) in [6.45, 7) is 7.52. The number of aromatic nitrogens is 2. The lowest BCUT2D eigenvalue weighted by Gasteiger charge is -2.15. The molecular weight excluding hydrogens is 438 g/mol. The van der Waals surface area contributed by atoms with E-state index < -0.39 is 0 Å². The molecule has 1 amide bonds. The first kappa shape index (κ1) is 20.4. The maximum absolute atomic E-state index is 12.6. The summed E-state index contributed by atoms with van der Waals surface area (Å²) in [6, 6.07) is 19.9. The van der Waals surface area contributed by atoms with Gasteiger partial charge >= 0.3 is 0 Å². The largest absolute Gasteiger partial charge is 0.345 e. The second kappa shape index (κ2) is 8.44. The van der Waals surface area contributed by atoms with Crippen molar-refractivity contribution in [1.82, 2.24) is 14.9 Å². The second-order valence-electron chi connectivity index (χ2n) is 7.67. The molecule has 0 saturated carbocycles. The van der Waals surface area contributed by atoms with E-state index in [1.807, 2.05) is 42.5 Å². The molecule has 0 saturated heterocycles. The first-order valence-electron chi connectivity index (χ1n) is 9.97. The van der Waals surface area contributed by atoms with Gasteiger partial charge in [0.25, 0.3) is 5.91 Å². The van der Waals surface area contributed by atoms with E-state index in [1.165, 1.54) is 22.3 Å². The molecule has 0 unspecified atom stereocenters. The van der Waals surface area contributed by atoms with E-state index in [1.54, 1.807) is 0 Å². The van der Waals surface area contributed by atoms with Crippen LogP contribution in [0.3, 0.4) is 0 Å². The second-order valence-corrected chi connectivity index (χ2v) is 8.59. The van der Waals surface area contributed by atoms with Gasteiger partial charge in [0.1, 0.15) is 5.82 Å². The van der Waals surface area contributed by atoms with Gasteiger partial charge in [-0.2, -0.15) is 0 Å². The van der Waals surface area contributed by atoms with Crippen molar-refractivity contribution in [1.29, 1.82) is 0 Å². The van der Waals surface area contributed by atoms with Crippen molar-refractivity contribution in [3.05, 3.63) is 98.8 Å². The van der Waals surface area contributed by atoms with Crippen LogP contribution in [-0.4, -0.2) is 15.5 Å². The Kier molecular flexibility index (Phi) is 5.73. The van der Waals surface area contributed by atoms with Crippen LogP contribution in [0.5, 0.6) is 0 Å². The molecule has 0 fully saturated rings. The van der Waals surface area contributed by atoms with Gasteiger partial charge in [-0.25, -0.2) is 4.98 Å². The molecule has 0 atom stereocenters. The Morgan fingerprint density at radius 2 is 1.73 bits per heavy atom. The van der Waals surface area contributed by atoms with E-state index in [0.29, 0.717) is 12.1 Å². The lowest BCUT2D eigenvalue weighted by atomic mass is 9.99. The van der Waals surface area contributed by atoms with Crippen LogP contribution in [-0.2, 0) is 13.1 Å². The van der Waals surface area contributed by atoms with E-state index in [4.69, 9.17) is 4.98 Å². The van der Waals surface area contributed by atoms with Crippen molar-refractivity contribution in [2.75, 3.05) is 0 Å². The summed E-state index contributed by atoms with van der Waals surface area (Å²) in [5, 5.41) is 3.02. The number of nitrogens with one attached hydrogen (secondary N) is 1. The fraction of sp³-hybridized carbons (Fsp3) is 0.200. The minimum atomic E-state index is -0.113. The Bertz CT molecular complexity index is 1220. The van der Waals surface area contributed by atoms with Gasteiger partial charge in [0.05, 0.1) is 17.6 Å². The monoisotopic (exact) mass is 461 g/mol. The molecule has 0 aliphatic carbocycles. The number of hydrogen-bond acceptors (Lipinski definition) is 2. The molecule has 1 aromatic heterocycles. The number of para-hydroxylation sites is 2. The van der Waals surface area contributed by atoms with E-state index in [0.717, 1.165) is 27.9 Å². The minimum Gasteiger partial charge on any atom is -0.345 e. The van der Waals surface area contributed by atoms with Gasteiger partial charge in [0, 0.05) is 16.6 Å². The minimum absolute atomic E-state index is 0.113. The highest BCUT2D eigenvalue weighted by molar-refractivity contribution is 9.10. The van der Waals surface area contributed by atoms with Gasteiger partial charge < -0.3 is 9.88 Å². The number of fused-ring (bicyclic) bond motifs is 1. The Balaban J connectivity index is 1.66. The number of rotatable bonds is 5. The van der Waals surface area contributed by atoms with Crippen LogP contribution < -0.4 is 5.32 Å². The molecule has 152 valence electrons. The number of imidazole rings is 1. The van der Waals surface area contributed by atoms with Crippen molar-refractivity contribution in [2.24, 2.45) is 0 Å². The third kappa shape index (κ3) is 4.17. The number of aryl methyl sites for hydroxylation is 3. The number of benzene rings is 3. The maximum atomic E-state index is 12.6. The zero-order valence-corrected chi connectivity index (χ0v) is 19.0. The SMILES string of the molecule is Cc1cc(C)c(Cn2c(CNC(=O)c3cccc(Br)c3)nc3ccccc32)c(C)c1. The Hall–Kier alpha value is -2.92. The van der Waals surface area contributed by atoms with Gasteiger partial charge in [-0.3, -0.25) is 4.79 Å². The van der Waals surface area contributed by atoms with Gasteiger partial charge in [-0.1, -0.05) is 51.8 Å². The highest BCUT2D eigenvalue weighted by atomic mass is 79.9. The van der Waals surface area contributed by atoms with Gasteiger partial charge in [0.15, 0.2) is 0 Å². The average molecular weight is 462 g/mol. The molecule has 0 aliphatic rings. The molecular formula is C25H24BrN3O. The lowest BCUT2D eigenvalue weighted by molar-refractivity contribution is 0.0949. The zero-order valence-electron chi connectivity index (χ0n) is 17.4. The number of halogens is 1. The lowest BCUT2D eigenvalue weighted by Crippen LogP contribution is -2.25. The topological polar surface area (TPSA) is 46.9 Å². The number of hydrogen-bond donors (Lipinski definition) is 1. The van der Waals surface area contributed by atoms with Crippen LogP contribution in [0, 0.1) is 20.8 Å². The summed E-state index contributed by atoms with van der Waals surface area (Å²) in [7, 11) is 0. The summed E-state index contributed by atoms with van der Waals surface area (Å²) in [5.74, 6) is 0.733. The van der Waals surface area contributed by atoms with Crippen LogP contribution in [0.15, 0.2) is 65.1 Å². The molecule has 0 aliphatic heterocycles. The predicted molar refractivity (Wildman–Crippen MR) is 125 cm³/mol. The van der Waals surface area contributed by atoms with Crippen LogP contribution >= 0.6 is 15.9 Å². The number of amides is 1. The third-order valence-electron chi connectivity index (χ3n) is 5.38. The zero-order chi connectivity index (χ0) is 21.3. The van der Waals surface area contributed by atoms with Crippen molar-refractivity contribution in [3.63, 3.8) is 0 Å². The summed E-state index contributed by atoms with van der Waals surface area (Å²) in [6.07, 6.45) is 0. The first-order valence-corrected chi connectivity index (χ1v) is 10.8. The van der Waals surface area contributed by atoms with Crippen molar-refractivity contribution < 1.29 is 4.79 Å². The molecule has 1 N–H and O–H groups in total. The fourth-order valence-electron chi connectivity index (χ4n) is 3.95. The van der Waals surface area contributed by atoms with Crippen LogP contribution in [0.2, 0.25) is 0 Å². The summed E-state index contributed by atoms with van der Waals surface area (Å²) in [4.78, 5) is 17.4. The summed E-state index contributed by atoms with van der Waals surface area (Å²) < 4.78 is 3.09. The fourth-order valence-corrected chi connectivity index (χ4v) is 4.34. The third-order valence-corrected chi connectivity index (χ3v) is 5.88. The van der Waals surface area contributed by atoms with Gasteiger partial charge in [0.2, 0.25) is 0 Å². The molecule has 1 heterocycles. The predicted octanol–water partition coefficient (Wildman–Crippen LogP) is 5.70. The van der Waals surface area contributed by atoms with E-state index in [9.17, 15) is 4.79 Å². The number of carbonyl (C=O) groups excluding carboxylic acids is 1. The van der Waals surface area contributed by atoms with E-state index in [2.05, 4.69) is 64.8 Å². The van der Waals surface area contributed by atoms with Crippen LogP contribution in [0.1, 0.15) is 38.4 Å². The first-order chi connectivity index (χ1) is 14.4. The molecule has 0 spiro atoms. The van der Waals surface area contributed by atoms with Crippen molar-refractivity contribution in [2.45, 2.75) is 33.9 Å². The number of carbonyl (C=O) groups is 1. The quantitative estimate of drug-likeness (QED) is 0.414. The highest BCUT2D eigenvalue weighted by Crippen LogP contribution is 2.23. The standard InChI is InChI=1S/C25H24BrN3O/c1-16-11-17(2)21(18(3)12-16)15-29-23-10-5-4-9-22(23)28-24(29)14-27-25(30)19-7-6-8-20(26)13-19/h4-13H,14-15H2,1-3H3,(H,27,30). The normalized spacial score (nSPS) is 11.1. The molecule has 3 aromatic carbocycles. The Morgan fingerprint density at radius 3 is 2.47 bits per heavy atom. The average Bonchev–Trinajstić information content (AvgIpc) is 3.06. The van der Waals surface area contributed by atoms with Crippen LogP contribution in [0.25, 0.3) is 11.0 Å². The molecule has 4 aromatic rings. The molecule has 4 nitrogen and oxygen atoms in total. The van der Waals surface area contributed by atoms with E-state index >= 15 is 0 Å². The summed E-state index contributed by atoms with van der Waals surface area (Å²) >= 11 is 3.42. The van der Waals surface area contributed by atoms with Crippen molar-refractivity contribution >= 4 is 32.9 Å². The molecule has 30 heavy (non-hydrogen) atoms. The van der Waals surface area contributed by atoms with E-state index in [-0.39, 0.29) is 5.91 Å². The van der Waals surface area contributed by atoms with Crippen LogP contribution in [0.4, 0.5) is 0 Å². The maximum Gasteiger partial charge on any atom is 0.251 e. The molecule has 0 radical (unpaired) electrons. The van der Waals surface area contributed by atoms with Crippen molar-refractivity contribution in [3.8, 4) is 0 Å². The summed E-state index contributed by atoms with van der Waals surface area (Å²) in [5.41, 5.74) is 7.74. The Labute approximate surface area is 185 Å². The molecule has 5 heteroatoms. The highest BCUT2D eigenvalue weighted by Gasteiger charge is 2.15. The molecule has 0 bridgehead atoms. The van der Waals surface area contributed by atoms with Gasteiger partial charge in [-0.15, -0.1) is 0 Å². The molecule has 4 rings (SSSR count). The van der Waals surface area contributed by atoms with Gasteiger partial charge in [-0.05, 0) is 67.8 Å². The number of nitrogens with zero attached hydrogens (tertiary/aromatic N) is 2. The Morgan fingerprint density at radius 1 is 1.00 bits per heavy atom. The smallest absolute Gasteiger partial charge is 0.251 e.